The van der Waals surface area contributed by atoms with Crippen LogP contribution in [0.1, 0.15) is 0 Å². The zero-order chi connectivity index (χ0) is 9.99. The fourth-order valence-electron chi connectivity index (χ4n) is 0.202. The predicted octanol–water partition coefficient (Wildman–Crippen LogP) is -0.662. The van der Waals surface area contributed by atoms with Crippen molar-refractivity contribution >= 4 is 16.0 Å². The summed E-state index contributed by atoms with van der Waals surface area (Å²) in [5.74, 6) is -1.30. The first kappa shape index (κ1) is 11.2. The molecule has 0 bridgehead atoms. The first-order valence-electron chi connectivity index (χ1n) is 2.41. The van der Waals surface area contributed by atoms with Crippen molar-refractivity contribution in [3.63, 3.8) is 0 Å². The number of halogens is 3. The van der Waals surface area contributed by atoms with Gasteiger partial charge in [-0.2, -0.15) is 21.6 Å². The van der Waals surface area contributed by atoms with Crippen LogP contribution < -0.4 is 5.73 Å². The molecule has 2 N–H and O–H groups in total. The third-order valence-corrected chi connectivity index (χ3v) is 1.63. The molecule has 0 aliphatic heterocycles. The molecule has 0 aliphatic carbocycles. The van der Waals surface area contributed by atoms with Gasteiger partial charge in [-0.15, -0.1) is 0 Å². The molecule has 0 radical (unpaired) electrons. The van der Waals surface area contributed by atoms with E-state index in [1.54, 1.807) is 0 Å². The third-order valence-electron chi connectivity index (χ3n) is 0.640. The van der Waals surface area contributed by atoms with E-state index in [-0.39, 0.29) is 0 Å². The lowest BCUT2D eigenvalue weighted by atomic mass is 10.7. The minimum Gasteiger partial charge on any atom is -0.368 e. The Morgan fingerprint density at radius 1 is 1.42 bits per heavy atom. The first-order valence-corrected chi connectivity index (χ1v) is 3.81. The third kappa shape index (κ3) is 3.05. The second-order valence-corrected chi connectivity index (χ2v) is 3.24. The van der Waals surface area contributed by atoms with Gasteiger partial charge in [0.05, 0.1) is 0 Å². The molecule has 5 nitrogen and oxygen atoms in total. The zero-order valence-electron chi connectivity index (χ0n) is 5.46. The molecular formula is C3H4F3NO4S. The van der Waals surface area contributed by atoms with E-state index >= 15 is 0 Å². The Balaban J connectivity index is 4.37. The highest BCUT2D eigenvalue weighted by atomic mass is 32.2. The molecule has 1 amide bonds. The van der Waals surface area contributed by atoms with Gasteiger partial charge in [-0.05, 0) is 0 Å². The Morgan fingerprint density at radius 3 is 2.08 bits per heavy atom. The van der Waals surface area contributed by atoms with E-state index < -0.39 is 28.1 Å². The highest BCUT2D eigenvalue weighted by Gasteiger charge is 2.47. The van der Waals surface area contributed by atoms with Crippen LogP contribution in [0, 0.1) is 0 Å². The first-order chi connectivity index (χ1) is 5.17. The molecule has 0 aromatic rings. The number of amides is 1. The number of carbonyl (C=O) groups excluding carboxylic acids is 1. The molecule has 0 rings (SSSR count). The number of primary amides is 1. The molecule has 0 aliphatic rings. The zero-order valence-corrected chi connectivity index (χ0v) is 6.28. The predicted molar refractivity (Wildman–Crippen MR) is 30.1 cm³/mol. The lowest BCUT2D eigenvalue weighted by Gasteiger charge is -2.05. The van der Waals surface area contributed by atoms with Crippen molar-refractivity contribution in [3.05, 3.63) is 0 Å². The van der Waals surface area contributed by atoms with Crippen LogP contribution in [0.25, 0.3) is 0 Å². The average molecular weight is 207 g/mol. The number of rotatable bonds is 3. The summed E-state index contributed by atoms with van der Waals surface area (Å²) in [6.45, 7) is -1.32. The number of hydrogen-bond donors (Lipinski definition) is 1. The Labute approximate surface area is 65.4 Å². The second-order valence-electron chi connectivity index (χ2n) is 1.63. The maximum Gasteiger partial charge on any atom is 0.523 e. The van der Waals surface area contributed by atoms with Crippen LogP contribution in [0.3, 0.4) is 0 Å². The molecule has 0 atom stereocenters. The summed E-state index contributed by atoms with van der Waals surface area (Å²) in [6.07, 6.45) is 0. The lowest BCUT2D eigenvalue weighted by Crippen LogP contribution is -2.29. The standard InChI is InChI=1S/C3H4F3NO4S/c4-3(5,6)12(9,10)11-1-2(7)8/h1H2,(H2,7,8). The van der Waals surface area contributed by atoms with E-state index in [0.29, 0.717) is 0 Å². The van der Waals surface area contributed by atoms with Gasteiger partial charge in [0.25, 0.3) is 0 Å². The molecule has 0 saturated heterocycles. The van der Waals surface area contributed by atoms with Crippen LogP contribution >= 0.6 is 0 Å². The summed E-state index contributed by atoms with van der Waals surface area (Å²) in [5.41, 5.74) is -1.18. The summed E-state index contributed by atoms with van der Waals surface area (Å²) in [4.78, 5) is 9.84. The Hall–Kier alpha value is -0.830. The minimum absolute atomic E-state index is 1.30. The van der Waals surface area contributed by atoms with Crippen LogP contribution in [0.2, 0.25) is 0 Å². The van der Waals surface area contributed by atoms with Crippen molar-refractivity contribution in [1.29, 1.82) is 0 Å². The van der Waals surface area contributed by atoms with Gasteiger partial charge < -0.3 is 5.73 Å². The smallest absolute Gasteiger partial charge is 0.368 e. The highest BCUT2D eigenvalue weighted by Crippen LogP contribution is 2.24. The van der Waals surface area contributed by atoms with Crippen LogP contribution in [0.4, 0.5) is 13.2 Å². The van der Waals surface area contributed by atoms with Gasteiger partial charge in [0.2, 0.25) is 5.91 Å². The molecule has 0 aromatic heterocycles. The molecule has 72 valence electrons. The number of carbonyl (C=O) groups is 1. The van der Waals surface area contributed by atoms with Crippen molar-refractivity contribution in [2.24, 2.45) is 5.73 Å². The fraction of sp³-hybridized carbons (Fsp3) is 0.667. The Kier molecular flexibility index (Phi) is 3.04. The van der Waals surface area contributed by atoms with Crippen LogP contribution in [0.15, 0.2) is 0 Å². The van der Waals surface area contributed by atoms with Crippen molar-refractivity contribution in [2.45, 2.75) is 5.51 Å². The molecule has 0 unspecified atom stereocenters. The van der Waals surface area contributed by atoms with Gasteiger partial charge >= 0.3 is 15.6 Å². The van der Waals surface area contributed by atoms with E-state index in [9.17, 15) is 26.4 Å². The molecule has 9 heteroatoms. The average Bonchev–Trinajstić information content (AvgIpc) is 1.81. The van der Waals surface area contributed by atoms with E-state index in [2.05, 4.69) is 9.92 Å². The molecular weight excluding hydrogens is 203 g/mol. The summed E-state index contributed by atoms with van der Waals surface area (Å²) in [5, 5.41) is 0. The van der Waals surface area contributed by atoms with E-state index in [0.717, 1.165) is 0 Å². The lowest BCUT2D eigenvalue weighted by molar-refractivity contribution is -0.120. The van der Waals surface area contributed by atoms with Crippen molar-refractivity contribution < 1.29 is 30.6 Å². The second kappa shape index (κ2) is 3.27. The van der Waals surface area contributed by atoms with E-state index in [1.807, 2.05) is 0 Å². The number of alkyl halides is 3. The Bertz CT molecular complexity index is 268. The van der Waals surface area contributed by atoms with E-state index in [1.165, 1.54) is 0 Å². The number of nitrogens with two attached hydrogens (primary N) is 1. The molecule has 12 heavy (non-hydrogen) atoms. The molecule has 0 spiro atoms. The van der Waals surface area contributed by atoms with Crippen molar-refractivity contribution in [1.82, 2.24) is 0 Å². The number of hydrogen-bond acceptors (Lipinski definition) is 4. The van der Waals surface area contributed by atoms with Gasteiger partial charge in [-0.1, -0.05) is 0 Å². The van der Waals surface area contributed by atoms with Gasteiger partial charge in [0.1, 0.15) is 6.61 Å². The van der Waals surface area contributed by atoms with E-state index in [4.69, 9.17) is 0 Å². The summed E-state index contributed by atoms with van der Waals surface area (Å²) in [6, 6.07) is 0. The largest absolute Gasteiger partial charge is 0.523 e. The molecule has 0 aromatic carbocycles. The molecule has 0 saturated carbocycles. The van der Waals surface area contributed by atoms with Crippen LogP contribution in [-0.4, -0.2) is 26.4 Å². The summed E-state index contributed by atoms with van der Waals surface area (Å²) >= 11 is 0. The van der Waals surface area contributed by atoms with Crippen LogP contribution in [0.5, 0.6) is 0 Å². The van der Waals surface area contributed by atoms with Gasteiger partial charge in [0, 0.05) is 0 Å². The van der Waals surface area contributed by atoms with Gasteiger partial charge in [0.15, 0.2) is 0 Å². The van der Waals surface area contributed by atoms with Crippen molar-refractivity contribution in [3.8, 4) is 0 Å². The maximum atomic E-state index is 11.4. The SMILES string of the molecule is NC(=O)COS(=O)(=O)C(F)(F)F. The Morgan fingerprint density at radius 2 is 1.83 bits per heavy atom. The molecule has 0 heterocycles. The summed E-state index contributed by atoms with van der Waals surface area (Å²) < 4.78 is 57.5. The van der Waals surface area contributed by atoms with Crippen LogP contribution in [-0.2, 0) is 19.1 Å². The van der Waals surface area contributed by atoms with Gasteiger partial charge in [-0.25, -0.2) is 0 Å². The fourth-order valence-corrected chi connectivity index (χ4v) is 0.607. The topological polar surface area (TPSA) is 86.5 Å². The van der Waals surface area contributed by atoms with Crippen molar-refractivity contribution in [2.75, 3.05) is 6.61 Å². The minimum atomic E-state index is -5.69. The molecule has 0 fully saturated rings. The maximum absolute atomic E-state index is 11.4. The quantitative estimate of drug-likeness (QED) is 0.491. The normalized spacial score (nSPS) is 12.9. The van der Waals surface area contributed by atoms with Gasteiger partial charge in [-0.3, -0.25) is 8.98 Å². The highest BCUT2D eigenvalue weighted by molar-refractivity contribution is 7.87. The monoisotopic (exact) mass is 207 g/mol. The summed E-state index contributed by atoms with van der Waals surface area (Å²) in [7, 11) is -5.69.